The van der Waals surface area contributed by atoms with Gasteiger partial charge in [0.2, 0.25) is 0 Å². The average Bonchev–Trinajstić information content (AvgIpc) is 1.98. The van der Waals surface area contributed by atoms with Crippen LogP contribution in [0.2, 0.25) is 0 Å². The normalized spacial score (nSPS) is 14.4. The van der Waals surface area contributed by atoms with E-state index < -0.39 is 33.0 Å². The number of nitrogens with one attached hydrogen (secondary N) is 2. The molecule has 0 aromatic heterocycles. The third-order valence-electron chi connectivity index (χ3n) is 1.26. The predicted octanol–water partition coefficient (Wildman–Crippen LogP) is -1.57. The molecule has 0 aliphatic carbocycles. The molecule has 0 aliphatic heterocycles. The Morgan fingerprint density at radius 1 is 1.33 bits per heavy atom. The summed E-state index contributed by atoms with van der Waals surface area (Å²) in [5, 5.41) is 8.08. The first-order valence-electron chi connectivity index (χ1n) is 3.47. The molecule has 0 heterocycles. The largest absolute Gasteiger partial charge is 0.348 e. The molecule has 0 radical (unpaired) electrons. The van der Waals surface area contributed by atoms with E-state index in [-0.39, 0.29) is 6.21 Å². The maximum absolute atomic E-state index is 10.7. The summed E-state index contributed by atoms with van der Waals surface area (Å²) in [5.41, 5.74) is 0. The molecule has 11 heteroatoms. The molecule has 0 aromatic rings. The smallest absolute Gasteiger partial charge is 0.337 e. The summed E-state index contributed by atoms with van der Waals surface area (Å²) >= 11 is 0. The van der Waals surface area contributed by atoms with Crippen molar-refractivity contribution in [1.29, 1.82) is 5.41 Å². The van der Waals surface area contributed by atoms with Gasteiger partial charge >= 0.3 is 15.2 Å². The molecule has 0 spiro atoms. The molecular formula is C4H10N2O7P2. The van der Waals surface area contributed by atoms with Gasteiger partial charge < -0.3 is 30.3 Å². The van der Waals surface area contributed by atoms with Crippen molar-refractivity contribution in [2.24, 2.45) is 0 Å². The maximum Gasteiger partial charge on any atom is 0.348 e. The fraction of sp³-hybridized carbons (Fsp3) is 0.500. The van der Waals surface area contributed by atoms with Crippen LogP contribution in [-0.4, -0.2) is 43.6 Å². The first kappa shape index (κ1) is 14.4. The fourth-order valence-corrected chi connectivity index (χ4v) is 2.99. The van der Waals surface area contributed by atoms with Crippen LogP contribution in [-0.2, 0) is 13.9 Å². The van der Waals surface area contributed by atoms with Gasteiger partial charge in [0.1, 0.15) is 5.78 Å². The summed E-state index contributed by atoms with van der Waals surface area (Å²) in [6.45, 7) is 0. The lowest BCUT2D eigenvalue weighted by molar-refractivity contribution is -0.114. The van der Waals surface area contributed by atoms with Gasteiger partial charge in [0.25, 0.3) is 5.91 Å². The zero-order valence-electron chi connectivity index (χ0n) is 7.27. The van der Waals surface area contributed by atoms with Gasteiger partial charge in [-0.2, -0.15) is 0 Å². The molecule has 0 aromatic carbocycles. The molecule has 0 aliphatic rings. The van der Waals surface area contributed by atoms with Crippen molar-refractivity contribution >= 4 is 27.3 Å². The molecular weight excluding hydrogens is 250 g/mol. The van der Waals surface area contributed by atoms with Gasteiger partial charge in [-0.3, -0.25) is 13.9 Å². The first-order chi connectivity index (χ1) is 6.56. The van der Waals surface area contributed by atoms with E-state index in [2.05, 4.69) is 0 Å². The van der Waals surface area contributed by atoms with Crippen LogP contribution in [0.3, 0.4) is 0 Å². The summed E-state index contributed by atoms with van der Waals surface area (Å²) in [5.74, 6) is -3.13. The lowest BCUT2D eigenvalue weighted by atomic mass is 10.6. The summed E-state index contributed by atoms with van der Waals surface area (Å²) in [7, 11) is -9.53. The maximum atomic E-state index is 10.7. The Labute approximate surface area is 84.3 Å². The number of hydrogen-bond donors (Lipinski definition) is 6. The third kappa shape index (κ3) is 6.51. The zero-order chi connectivity index (χ0) is 12.3. The van der Waals surface area contributed by atoms with E-state index in [1.165, 1.54) is 0 Å². The first-order valence-corrected chi connectivity index (χ1v) is 6.95. The molecule has 1 unspecified atom stereocenters. The molecule has 0 bridgehead atoms. The van der Waals surface area contributed by atoms with Gasteiger partial charge in [-0.15, -0.1) is 0 Å². The van der Waals surface area contributed by atoms with Crippen LogP contribution >= 0.6 is 15.2 Å². The fourth-order valence-electron chi connectivity index (χ4n) is 0.667. The SMILES string of the molecule is N=CC(=O)NC(CP(=O)(O)O)P(=O)(O)O. The van der Waals surface area contributed by atoms with E-state index in [0.29, 0.717) is 0 Å². The zero-order valence-corrected chi connectivity index (χ0v) is 9.06. The van der Waals surface area contributed by atoms with E-state index >= 15 is 0 Å². The van der Waals surface area contributed by atoms with Gasteiger partial charge in [0.05, 0.1) is 12.4 Å². The molecule has 0 rings (SSSR count). The van der Waals surface area contributed by atoms with Crippen molar-refractivity contribution in [3.05, 3.63) is 0 Å². The highest BCUT2D eigenvalue weighted by Crippen LogP contribution is 2.47. The van der Waals surface area contributed by atoms with Crippen molar-refractivity contribution in [2.75, 3.05) is 6.16 Å². The van der Waals surface area contributed by atoms with Crippen molar-refractivity contribution < 1.29 is 33.5 Å². The summed E-state index contributed by atoms with van der Waals surface area (Å²) in [6.07, 6.45) is -0.945. The lowest BCUT2D eigenvalue weighted by Crippen LogP contribution is -2.37. The summed E-state index contributed by atoms with van der Waals surface area (Å²) in [6, 6.07) is 0. The van der Waals surface area contributed by atoms with Gasteiger partial charge in [-0.1, -0.05) is 0 Å². The number of carbonyl (C=O) groups excluding carboxylic acids is 1. The van der Waals surface area contributed by atoms with Crippen LogP contribution in [0.15, 0.2) is 0 Å². The van der Waals surface area contributed by atoms with Crippen molar-refractivity contribution in [1.82, 2.24) is 5.32 Å². The Kier molecular flexibility index (Phi) is 4.79. The third-order valence-corrected chi connectivity index (χ3v) is 3.51. The lowest BCUT2D eigenvalue weighted by Gasteiger charge is -2.19. The molecule has 1 atom stereocenters. The van der Waals surface area contributed by atoms with E-state index in [4.69, 9.17) is 25.0 Å². The van der Waals surface area contributed by atoms with Crippen LogP contribution in [0.25, 0.3) is 0 Å². The number of amides is 1. The molecule has 9 nitrogen and oxygen atoms in total. The highest BCUT2D eigenvalue weighted by Gasteiger charge is 2.35. The van der Waals surface area contributed by atoms with Crippen LogP contribution in [0.1, 0.15) is 0 Å². The average molecular weight is 260 g/mol. The predicted molar refractivity (Wildman–Crippen MR) is 49.7 cm³/mol. The highest BCUT2D eigenvalue weighted by atomic mass is 31.2. The molecule has 1 amide bonds. The Balaban J connectivity index is 4.76. The van der Waals surface area contributed by atoms with Crippen molar-refractivity contribution in [3.63, 3.8) is 0 Å². The van der Waals surface area contributed by atoms with E-state index in [1.54, 1.807) is 5.32 Å². The van der Waals surface area contributed by atoms with Gasteiger partial charge in [-0.05, 0) is 0 Å². The Morgan fingerprint density at radius 3 is 2.07 bits per heavy atom. The van der Waals surface area contributed by atoms with Crippen LogP contribution in [0.4, 0.5) is 0 Å². The van der Waals surface area contributed by atoms with Crippen LogP contribution < -0.4 is 5.32 Å². The van der Waals surface area contributed by atoms with E-state index in [9.17, 15) is 13.9 Å². The minimum atomic E-state index is -4.87. The van der Waals surface area contributed by atoms with Crippen LogP contribution in [0.5, 0.6) is 0 Å². The number of rotatable bonds is 5. The van der Waals surface area contributed by atoms with Gasteiger partial charge in [0.15, 0.2) is 0 Å². The number of hydrogen-bond acceptors (Lipinski definition) is 4. The molecule has 0 fully saturated rings. The highest BCUT2D eigenvalue weighted by molar-refractivity contribution is 7.56. The second kappa shape index (κ2) is 4.98. The summed E-state index contributed by atoms with van der Waals surface area (Å²) in [4.78, 5) is 44.9. The van der Waals surface area contributed by atoms with Gasteiger partial charge in [0, 0.05) is 0 Å². The van der Waals surface area contributed by atoms with Crippen LogP contribution in [0, 0.1) is 5.41 Å². The summed E-state index contributed by atoms with van der Waals surface area (Å²) < 4.78 is 21.2. The quantitative estimate of drug-likeness (QED) is 0.256. The topological polar surface area (TPSA) is 168 Å². The van der Waals surface area contributed by atoms with Gasteiger partial charge in [-0.25, -0.2) is 0 Å². The standard InChI is InChI=1S/C4H10N2O7P2/c5-1-3(7)6-4(15(11,12)13)2-14(8,9)10/h1,4-5H,2H2,(H,6,7)(H2,8,9,10)(H2,11,12,13). The Bertz CT molecular complexity index is 343. The second-order valence-electron chi connectivity index (χ2n) is 2.61. The van der Waals surface area contributed by atoms with E-state index in [0.717, 1.165) is 0 Å². The Hall–Kier alpha value is -0.560. The molecule has 88 valence electrons. The second-order valence-corrected chi connectivity index (χ2v) is 6.10. The van der Waals surface area contributed by atoms with Crippen molar-refractivity contribution in [2.45, 2.75) is 5.78 Å². The monoisotopic (exact) mass is 260 g/mol. The minimum absolute atomic E-state index is 0.238. The molecule has 6 N–H and O–H groups in total. The molecule has 0 saturated carbocycles. The van der Waals surface area contributed by atoms with E-state index in [1.807, 2.05) is 0 Å². The Morgan fingerprint density at radius 2 is 1.80 bits per heavy atom. The molecule has 0 saturated heterocycles. The molecule has 15 heavy (non-hydrogen) atoms. The van der Waals surface area contributed by atoms with Crippen molar-refractivity contribution in [3.8, 4) is 0 Å². The number of carbonyl (C=O) groups is 1. The minimum Gasteiger partial charge on any atom is -0.337 e.